The predicted molar refractivity (Wildman–Crippen MR) is 142 cm³/mol. The van der Waals surface area contributed by atoms with E-state index in [1.165, 1.54) is 18.2 Å². The number of piperazine rings is 1. The molecular formula is C26H24F2N4O3S2. The van der Waals surface area contributed by atoms with Gasteiger partial charge in [0.2, 0.25) is 5.91 Å². The molecule has 3 aliphatic heterocycles. The second-order valence-corrected chi connectivity index (χ2v) is 12.1. The van der Waals surface area contributed by atoms with Gasteiger partial charge in [0, 0.05) is 52.9 Å². The van der Waals surface area contributed by atoms with E-state index >= 15 is 0 Å². The van der Waals surface area contributed by atoms with Crippen molar-refractivity contribution in [3.8, 4) is 11.1 Å². The fourth-order valence-electron chi connectivity index (χ4n) is 5.82. The Labute approximate surface area is 219 Å². The number of aromatic nitrogens is 2. The molecule has 0 spiro atoms. The summed E-state index contributed by atoms with van der Waals surface area (Å²) >= 11 is 0.432. The third-order valence-corrected chi connectivity index (χ3v) is 9.93. The summed E-state index contributed by atoms with van der Waals surface area (Å²) in [7, 11) is 0. The third kappa shape index (κ3) is 3.86. The molecule has 3 atom stereocenters. The smallest absolute Gasteiger partial charge is 0.350 e. The van der Waals surface area contributed by atoms with E-state index in [-0.39, 0.29) is 23.6 Å². The molecule has 192 valence electrons. The molecule has 0 aliphatic carbocycles. The van der Waals surface area contributed by atoms with Crippen LogP contribution in [-0.4, -0.2) is 67.3 Å². The van der Waals surface area contributed by atoms with Crippen molar-refractivity contribution in [2.45, 2.75) is 30.4 Å². The van der Waals surface area contributed by atoms with Gasteiger partial charge in [-0.25, -0.2) is 13.6 Å². The second kappa shape index (κ2) is 9.14. The Kier molecular flexibility index (Phi) is 6.04. The summed E-state index contributed by atoms with van der Waals surface area (Å²) in [5, 5.41) is 0.755. The fourth-order valence-corrected chi connectivity index (χ4v) is 8.77. The minimum atomic E-state index is -1.11. The SMILES string of the molecule is C=CC(=O)N1CCN(c2nc(=O)n3c4c(c(-c5ccc(F)cc5F)c(C)cc24)SCC3)C2C[S+]([O-])CC21. The van der Waals surface area contributed by atoms with Crippen molar-refractivity contribution in [1.82, 2.24) is 14.5 Å². The minimum absolute atomic E-state index is 0.198. The first-order valence-electron chi connectivity index (χ1n) is 12.0. The molecule has 7 nitrogen and oxygen atoms in total. The molecule has 2 aromatic carbocycles. The summed E-state index contributed by atoms with van der Waals surface area (Å²) in [6.07, 6.45) is 1.28. The van der Waals surface area contributed by atoms with Crippen LogP contribution >= 0.6 is 11.8 Å². The summed E-state index contributed by atoms with van der Waals surface area (Å²) < 4.78 is 42.8. The van der Waals surface area contributed by atoms with Crippen LogP contribution in [0.15, 0.2) is 46.6 Å². The van der Waals surface area contributed by atoms with Crippen molar-refractivity contribution in [3.63, 3.8) is 0 Å². The number of benzene rings is 2. The van der Waals surface area contributed by atoms with Crippen LogP contribution in [0.1, 0.15) is 5.56 Å². The first-order chi connectivity index (χ1) is 17.8. The van der Waals surface area contributed by atoms with Gasteiger partial charge in [-0.3, -0.25) is 9.36 Å². The van der Waals surface area contributed by atoms with Crippen molar-refractivity contribution < 1.29 is 18.1 Å². The lowest BCUT2D eigenvalue weighted by Gasteiger charge is -2.43. The Hall–Kier alpha value is -2.89. The van der Waals surface area contributed by atoms with E-state index in [1.54, 1.807) is 21.2 Å². The average Bonchev–Trinajstić information content (AvgIpc) is 3.27. The number of hydrogen-bond acceptors (Lipinski definition) is 6. The zero-order chi connectivity index (χ0) is 26.0. The van der Waals surface area contributed by atoms with Crippen molar-refractivity contribution in [1.29, 1.82) is 0 Å². The molecule has 37 heavy (non-hydrogen) atoms. The summed E-state index contributed by atoms with van der Waals surface area (Å²) in [5.74, 6) is 0.343. The van der Waals surface area contributed by atoms with E-state index < -0.39 is 28.5 Å². The number of thioether (sulfide) groups is 1. The number of carbonyl (C=O) groups excluding carboxylic acids is 1. The van der Waals surface area contributed by atoms with Crippen molar-refractivity contribution in [2.75, 3.05) is 35.2 Å². The highest BCUT2D eigenvalue weighted by Gasteiger charge is 2.48. The molecule has 0 bridgehead atoms. The van der Waals surface area contributed by atoms with Crippen molar-refractivity contribution in [3.05, 3.63) is 64.6 Å². The summed E-state index contributed by atoms with van der Waals surface area (Å²) in [6, 6.07) is 4.92. The van der Waals surface area contributed by atoms with Gasteiger partial charge in [0.05, 0.1) is 5.52 Å². The summed E-state index contributed by atoms with van der Waals surface area (Å²) in [4.78, 5) is 34.8. The molecule has 11 heteroatoms. The first-order valence-corrected chi connectivity index (χ1v) is 14.5. The Morgan fingerprint density at radius 3 is 2.76 bits per heavy atom. The monoisotopic (exact) mass is 542 g/mol. The van der Waals surface area contributed by atoms with E-state index in [1.807, 2.05) is 17.9 Å². The molecular weight excluding hydrogens is 518 g/mol. The maximum atomic E-state index is 14.9. The number of rotatable bonds is 3. The lowest BCUT2D eigenvalue weighted by atomic mass is 9.96. The number of aryl methyl sites for hydroxylation is 2. The highest BCUT2D eigenvalue weighted by Crippen LogP contribution is 2.45. The second-order valence-electron chi connectivity index (χ2n) is 9.47. The average molecular weight is 543 g/mol. The van der Waals surface area contributed by atoms with Gasteiger partial charge in [-0.1, -0.05) is 6.58 Å². The van der Waals surface area contributed by atoms with Crippen LogP contribution in [0.25, 0.3) is 22.0 Å². The highest BCUT2D eigenvalue weighted by molar-refractivity contribution is 7.99. The molecule has 0 radical (unpaired) electrons. The van der Waals surface area contributed by atoms with Gasteiger partial charge in [-0.15, -0.1) is 11.8 Å². The Morgan fingerprint density at radius 1 is 1.22 bits per heavy atom. The van der Waals surface area contributed by atoms with Crippen LogP contribution in [0.3, 0.4) is 0 Å². The van der Waals surface area contributed by atoms with Crippen molar-refractivity contribution >= 4 is 45.6 Å². The van der Waals surface area contributed by atoms with E-state index in [9.17, 15) is 22.9 Å². The van der Waals surface area contributed by atoms with E-state index in [2.05, 4.69) is 11.6 Å². The normalized spacial score (nSPS) is 22.9. The molecule has 1 amide bonds. The van der Waals surface area contributed by atoms with Crippen LogP contribution in [0.5, 0.6) is 0 Å². The topological polar surface area (TPSA) is 81.5 Å². The van der Waals surface area contributed by atoms with Gasteiger partial charge >= 0.3 is 5.69 Å². The molecule has 3 unspecified atom stereocenters. The lowest BCUT2D eigenvalue weighted by molar-refractivity contribution is -0.128. The van der Waals surface area contributed by atoms with Gasteiger partial charge in [0.15, 0.2) is 0 Å². The lowest BCUT2D eigenvalue weighted by Crippen LogP contribution is -2.61. The predicted octanol–water partition coefficient (Wildman–Crippen LogP) is 3.09. The van der Waals surface area contributed by atoms with E-state index in [0.717, 1.165) is 21.9 Å². The Morgan fingerprint density at radius 2 is 2.00 bits per heavy atom. The maximum Gasteiger partial charge on any atom is 0.350 e. The maximum absolute atomic E-state index is 14.9. The molecule has 3 aliphatic rings. The summed E-state index contributed by atoms with van der Waals surface area (Å²) in [6.45, 7) is 6.76. The van der Waals surface area contributed by atoms with Crippen LogP contribution in [-0.2, 0) is 22.5 Å². The van der Waals surface area contributed by atoms with E-state index in [0.29, 0.717) is 53.8 Å². The molecule has 1 aromatic heterocycles. The Bertz CT molecular complexity index is 1530. The number of anilines is 1. The fraction of sp³-hybridized carbons (Fsp3) is 0.346. The number of nitrogens with zero attached hydrogens (tertiary/aromatic N) is 4. The van der Waals surface area contributed by atoms with Gasteiger partial charge in [0.1, 0.15) is 41.0 Å². The molecule has 2 fully saturated rings. The summed E-state index contributed by atoms with van der Waals surface area (Å²) in [5.41, 5.74) is 1.98. The first kappa shape index (κ1) is 24.4. The zero-order valence-corrected chi connectivity index (χ0v) is 21.7. The molecule has 0 saturated carbocycles. The standard InChI is InChI=1S/C26H24F2N4O3S2/c1-3-21(33)30-6-7-31(20-13-37(35)12-19(20)30)25-17-10-14(2)22(16-5-4-15(27)11-18(16)28)24-23(17)32(8-9-36-24)26(34)29-25/h3-5,10-11,19-20H,1,6-9,12-13H2,2H3. The van der Waals surface area contributed by atoms with Crippen LogP contribution in [0, 0.1) is 18.6 Å². The van der Waals surface area contributed by atoms with Crippen LogP contribution in [0.4, 0.5) is 14.6 Å². The van der Waals surface area contributed by atoms with Gasteiger partial charge in [0.25, 0.3) is 0 Å². The molecule has 2 saturated heterocycles. The number of amides is 1. The van der Waals surface area contributed by atoms with Crippen LogP contribution in [0.2, 0.25) is 0 Å². The molecule has 3 aromatic rings. The van der Waals surface area contributed by atoms with Gasteiger partial charge < -0.3 is 14.4 Å². The molecule has 4 heterocycles. The van der Waals surface area contributed by atoms with Gasteiger partial charge in [-0.2, -0.15) is 4.98 Å². The number of halogens is 2. The zero-order valence-electron chi connectivity index (χ0n) is 20.1. The molecule has 0 N–H and O–H groups in total. The number of hydrogen-bond donors (Lipinski definition) is 0. The third-order valence-electron chi connectivity index (χ3n) is 7.43. The quantitative estimate of drug-likeness (QED) is 0.374. The van der Waals surface area contributed by atoms with E-state index in [4.69, 9.17) is 0 Å². The highest BCUT2D eigenvalue weighted by atomic mass is 32.2. The largest absolute Gasteiger partial charge is 0.616 e. The Balaban J connectivity index is 1.56. The number of fused-ring (bicyclic) bond motifs is 1. The number of carbonyl (C=O) groups is 1. The van der Waals surface area contributed by atoms with Crippen LogP contribution < -0.4 is 10.6 Å². The minimum Gasteiger partial charge on any atom is -0.616 e. The van der Waals surface area contributed by atoms with Crippen molar-refractivity contribution in [2.24, 2.45) is 0 Å². The van der Waals surface area contributed by atoms with Gasteiger partial charge in [-0.05, 0) is 47.9 Å². The molecule has 6 rings (SSSR count).